The van der Waals surface area contributed by atoms with E-state index in [1.54, 1.807) is 0 Å². The quantitative estimate of drug-likeness (QED) is 0.767. The minimum absolute atomic E-state index is 0.143. The number of carbonyl (C=O) groups is 2. The Kier molecular flexibility index (Phi) is 4.19. The number of rotatable bonds is 3. The second-order valence-electron chi connectivity index (χ2n) is 6.47. The fourth-order valence-corrected chi connectivity index (χ4v) is 3.68. The molecule has 1 aliphatic carbocycles. The van der Waals surface area contributed by atoms with Crippen LogP contribution in [0.1, 0.15) is 23.7 Å². The first kappa shape index (κ1) is 17.6. The molecule has 0 N–H and O–H groups in total. The van der Waals surface area contributed by atoms with Gasteiger partial charge < -0.3 is 19.1 Å². The van der Waals surface area contributed by atoms with Gasteiger partial charge in [0.15, 0.2) is 5.75 Å². The second kappa shape index (κ2) is 5.95. The van der Waals surface area contributed by atoms with E-state index >= 15 is 0 Å². The summed E-state index contributed by atoms with van der Waals surface area (Å²) in [6.07, 6.45) is 2.01. The molecule has 6 nitrogen and oxygen atoms in total. The monoisotopic (exact) mass is 365 g/mol. The van der Waals surface area contributed by atoms with Crippen LogP contribution in [-0.2, 0) is 4.79 Å². The number of methoxy groups -OCH3 is 2. The van der Waals surface area contributed by atoms with Crippen LogP contribution in [-0.4, -0.2) is 50.4 Å². The van der Waals surface area contributed by atoms with Crippen LogP contribution in [0.15, 0.2) is 17.8 Å². The Hall–Kier alpha value is -2.21. The summed E-state index contributed by atoms with van der Waals surface area (Å²) in [5, 5.41) is 0.158. The van der Waals surface area contributed by atoms with Crippen molar-refractivity contribution in [2.24, 2.45) is 5.92 Å². The molecule has 0 bridgehead atoms. The van der Waals surface area contributed by atoms with Crippen molar-refractivity contribution >= 4 is 23.2 Å². The molecule has 1 aliphatic heterocycles. The van der Waals surface area contributed by atoms with Crippen molar-refractivity contribution in [1.29, 1.82) is 0 Å². The highest BCUT2D eigenvalue weighted by Crippen LogP contribution is 2.53. The van der Waals surface area contributed by atoms with E-state index in [9.17, 15) is 9.59 Å². The van der Waals surface area contributed by atoms with Crippen LogP contribution < -0.4 is 14.2 Å². The molecule has 1 heterocycles. The number of allylic oxidation sites excluding steroid dienone is 1. The lowest BCUT2D eigenvalue weighted by Gasteiger charge is -2.36. The maximum Gasteiger partial charge on any atom is 0.236 e. The van der Waals surface area contributed by atoms with Gasteiger partial charge in [-0.2, -0.15) is 0 Å². The van der Waals surface area contributed by atoms with Crippen molar-refractivity contribution in [2.45, 2.75) is 18.9 Å². The van der Waals surface area contributed by atoms with Gasteiger partial charge in [0.2, 0.25) is 17.2 Å². The Balaban J connectivity index is 2.18. The van der Waals surface area contributed by atoms with Crippen molar-refractivity contribution < 1.29 is 23.8 Å². The summed E-state index contributed by atoms with van der Waals surface area (Å²) in [5.41, 5.74) is -0.563. The third kappa shape index (κ3) is 2.31. The van der Waals surface area contributed by atoms with Gasteiger partial charge >= 0.3 is 0 Å². The van der Waals surface area contributed by atoms with E-state index in [2.05, 4.69) is 0 Å². The zero-order valence-electron chi connectivity index (χ0n) is 14.8. The Morgan fingerprint density at radius 2 is 1.88 bits per heavy atom. The summed E-state index contributed by atoms with van der Waals surface area (Å²) in [6.45, 7) is 1.83. The lowest BCUT2D eigenvalue weighted by Crippen LogP contribution is -2.55. The third-order valence-corrected chi connectivity index (χ3v) is 5.22. The molecule has 1 aromatic carbocycles. The lowest BCUT2D eigenvalue weighted by molar-refractivity contribution is -0.129. The lowest BCUT2D eigenvalue weighted by atomic mass is 9.74. The largest absolute Gasteiger partial charge is 0.496 e. The van der Waals surface area contributed by atoms with Crippen molar-refractivity contribution in [2.75, 3.05) is 28.3 Å². The predicted molar refractivity (Wildman–Crippen MR) is 92.8 cm³/mol. The fourth-order valence-electron chi connectivity index (χ4n) is 3.42. The summed E-state index contributed by atoms with van der Waals surface area (Å²) in [5.74, 6) is -0.411. The zero-order chi connectivity index (χ0) is 18.5. The van der Waals surface area contributed by atoms with E-state index in [4.69, 9.17) is 25.8 Å². The molecule has 0 fully saturated rings. The first-order chi connectivity index (χ1) is 11.8. The predicted octanol–water partition coefficient (Wildman–Crippen LogP) is 2.73. The van der Waals surface area contributed by atoms with E-state index in [-0.39, 0.29) is 33.8 Å². The van der Waals surface area contributed by atoms with Crippen LogP contribution in [0.4, 0.5) is 0 Å². The van der Waals surface area contributed by atoms with Crippen LogP contribution >= 0.6 is 11.6 Å². The number of hydrogen-bond acceptors (Lipinski definition) is 6. The number of fused-ring (bicyclic) bond motifs is 1. The van der Waals surface area contributed by atoms with Gasteiger partial charge in [0.1, 0.15) is 22.1 Å². The molecule has 134 valence electrons. The van der Waals surface area contributed by atoms with Crippen molar-refractivity contribution in [3.05, 3.63) is 28.4 Å². The molecule has 2 aliphatic rings. The first-order valence-electron chi connectivity index (χ1n) is 7.88. The molecule has 0 aromatic heterocycles. The Labute approximate surface area is 151 Å². The molecule has 2 unspecified atom stereocenters. The number of ketones is 2. The molecule has 0 radical (unpaired) electrons. The number of nitrogens with zero attached hydrogens (tertiary/aromatic N) is 1. The highest BCUT2D eigenvalue weighted by Gasteiger charge is 2.60. The van der Waals surface area contributed by atoms with Gasteiger partial charge in [-0.25, -0.2) is 0 Å². The molecule has 1 spiro atoms. The SMILES string of the molecule is COc1cc(OC)c2c(c1Cl)OC1(C(=O)C=C(N(C)C)CC1C)C2=O. The highest BCUT2D eigenvalue weighted by molar-refractivity contribution is 6.36. The number of halogens is 1. The third-order valence-electron chi connectivity index (χ3n) is 4.87. The van der Waals surface area contributed by atoms with Gasteiger partial charge in [0.25, 0.3) is 0 Å². The standard InChI is InChI=1S/C18H20ClNO5/c1-9-6-10(20(2)3)7-13(21)18(9)17(22)14-11(23-4)8-12(24-5)15(19)16(14)25-18/h7-9H,6H2,1-5H3. The summed E-state index contributed by atoms with van der Waals surface area (Å²) in [4.78, 5) is 28.0. The summed E-state index contributed by atoms with van der Waals surface area (Å²) >= 11 is 6.33. The van der Waals surface area contributed by atoms with Crippen molar-refractivity contribution in [1.82, 2.24) is 4.90 Å². The van der Waals surface area contributed by atoms with E-state index in [0.29, 0.717) is 12.2 Å². The van der Waals surface area contributed by atoms with Gasteiger partial charge in [-0.05, 0) is 6.42 Å². The number of hydrogen-bond donors (Lipinski definition) is 0. The topological polar surface area (TPSA) is 65.1 Å². The van der Waals surface area contributed by atoms with Crippen LogP contribution in [0.25, 0.3) is 0 Å². The van der Waals surface area contributed by atoms with Gasteiger partial charge in [-0.1, -0.05) is 18.5 Å². The average Bonchev–Trinajstić information content (AvgIpc) is 2.88. The Bertz CT molecular complexity index is 801. The number of carbonyl (C=O) groups excluding carboxylic acids is 2. The number of ether oxygens (including phenoxy) is 3. The summed E-state index contributed by atoms with van der Waals surface area (Å²) in [7, 11) is 6.62. The number of benzene rings is 1. The molecule has 0 saturated heterocycles. The van der Waals surface area contributed by atoms with E-state index < -0.39 is 11.4 Å². The van der Waals surface area contributed by atoms with Crippen molar-refractivity contribution in [3.63, 3.8) is 0 Å². The molecule has 7 heteroatoms. The van der Waals surface area contributed by atoms with Gasteiger partial charge in [0.05, 0.1) is 14.2 Å². The maximum atomic E-state index is 13.2. The fraction of sp³-hybridized carbons (Fsp3) is 0.444. The van der Waals surface area contributed by atoms with Crippen LogP contribution in [0.3, 0.4) is 0 Å². The average molecular weight is 366 g/mol. The van der Waals surface area contributed by atoms with Crippen LogP contribution in [0.2, 0.25) is 5.02 Å². The van der Waals surface area contributed by atoms with Gasteiger partial charge in [0, 0.05) is 37.9 Å². The van der Waals surface area contributed by atoms with Gasteiger partial charge in [-0.3, -0.25) is 9.59 Å². The second-order valence-corrected chi connectivity index (χ2v) is 6.84. The van der Waals surface area contributed by atoms with Gasteiger partial charge in [-0.15, -0.1) is 0 Å². The summed E-state index contributed by atoms with van der Waals surface area (Å²) < 4.78 is 16.5. The zero-order valence-corrected chi connectivity index (χ0v) is 15.6. The molecule has 0 amide bonds. The minimum Gasteiger partial charge on any atom is -0.496 e. The maximum absolute atomic E-state index is 13.2. The summed E-state index contributed by atoms with van der Waals surface area (Å²) in [6, 6.07) is 1.53. The molecule has 2 atom stereocenters. The molecular weight excluding hydrogens is 346 g/mol. The Morgan fingerprint density at radius 1 is 1.24 bits per heavy atom. The highest BCUT2D eigenvalue weighted by atomic mass is 35.5. The van der Waals surface area contributed by atoms with Crippen LogP contribution in [0.5, 0.6) is 17.2 Å². The van der Waals surface area contributed by atoms with Crippen LogP contribution in [0, 0.1) is 5.92 Å². The Morgan fingerprint density at radius 3 is 2.40 bits per heavy atom. The first-order valence-corrected chi connectivity index (χ1v) is 8.26. The molecule has 1 aromatic rings. The van der Waals surface area contributed by atoms with E-state index in [1.807, 2.05) is 25.9 Å². The number of Topliss-reactive ketones (excluding diaryl/α,β-unsaturated/α-hetero) is 1. The molecule has 0 saturated carbocycles. The van der Waals surface area contributed by atoms with Crippen molar-refractivity contribution in [3.8, 4) is 17.2 Å². The molecule has 25 heavy (non-hydrogen) atoms. The smallest absolute Gasteiger partial charge is 0.236 e. The molecular formula is C18H20ClNO5. The molecule has 3 rings (SSSR count). The normalized spacial score (nSPS) is 24.7. The van der Waals surface area contributed by atoms with E-state index in [1.165, 1.54) is 26.4 Å². The van der Waals surface area contributed by atoms with E-state index in [0.717, 1.165) is 5.70 Å². The minimum atomic E-state index is -1.61.